The van der Waals surface area contributed by atoms with Gasteiger partial charge < -0.3 is 19.3 Å². The number of piperidine rings is 1. The summed E-state index contributed by atoms with van der Waals surface area (Å²) >= 11 is 0. The van der Waals surface area contributed by atoms with E-state index in [4.69, 9.17) is 9.47 Å². The Hall–Kier alpha value is -1.63. The van der Waals surface area contributed by atoms with Gasteiger partial charge in [-0.3, -0.25) is 14.4 Å². The average Bonchev–Trinajstić information content (AvgIpc) is 3.52. The van der Waals surface area contributed by atoms with Gasteiger partial charge in [-0.15, -0.1) is 0 Å². The summed E-state index contributed by atoms with van der Waals surface area (Å²) in [5.74, 6) is 1.44. The molecule has 6 bridgehead atoms. The van der Waals surface area contributed by atoms with Crippen molar-refractivity contribution >= 4 is 17.8 Å². The minimum absolute atomic E-state index is 0.0534. The Kier molecular flexibility index (Phi) is 6.84. The van der Waals surface area contributed by atoms with E-state index in [2.05, 4.69) is 39.5 Å². The van der Waals surface area contributed by atoms with Crippen molar-refractivity contribution in [1.82, 2.24) is 9.80 Å². The number of rotatable bonds is 7. The van der Waals surface area contributed by atoms with Crippen molar-refractivity contribution < 1.29 is 23.9 Å². The van der Waals surface area contributed by atoms with Gasteiger partial charge in [-0.05, 0) is 121 Å². The van der Waals surface area contributed by atoms with Crippen molar-refractivity contribution in [3.63, 3.8) is 0 Å². The van der Waals surface area contributed by atoms with Gasteiger partial charge in [0.15, 0.2) is 0 Å². The normalized spacial score (nSPS) is 44.7. The minimum atomic E-state index is -0.510. The number of hydrogen-bond acceptors (Lipinski definition) is 6. The number of ether oxygens (including phenoxy) is 2. The van der Waals surface area contributed by atoms with Gasteiger partial charge in [-0.25, -0.2) is 0 Å². The highest BCUT2D eigenvalue weighted by Gasteiger charge is 2.73. The molecule has 2 saturated heterocycles. The molecule has 228 valence electrons. The van der Waals surface area contributed by atoms with E-state index >= 15 is 0 Å². The quantitative estimate of drug-likeness (QED) is 0.400. The fourth-order valence-electron chi connectivity index (χ4n) is 11.6. The summed E-state index contributed by atoms with van der Waals surface area (Å²) in [6, 6.07) is -0.138. The number of carbonyl (C=O) groups is 3. The highest BCUT2D eigenvalue weighted by atomic mass is 16.6. The van der Waals surface area contributed by atoms with Crippen LogP contribution in [-0.4, -0.2) is 70.6 Å². The Bertz CT molecular complexity index is 1050. The molecule has 8 fully saturated rings. The molecule has 0 spiro atoms. The number of carbonyl (C=O) groups excluding carboxylic acids is 3. The molecule has 6 saturated carbocycles. The Labute approximate surface area is 246 Å². The molecule has 0 N–H and O–H groups in total. The van der Waals surface area contributed by atoms with Crippen LogP contribution in [0.5, 0.6) is 0 Å². The van der Waals surface area contributed by atoms with Gasteiger partial charge in [-0.1, -0.05) is 20.3 Å². The molecule has 0 aromatic rings. The number of hydrogen-bond donors (Lipinski definition) is 0. The van der Waals surface area contributed by atoms with Gasteiger partial charge in [0.05, 0.1) is 24.3 Å². The van der Waals surface area contributed by atoms with E-state index in [0.29, 0.717) is 18.3 Å². The van der Waals surface area contributed by atoms with Crippen LogP contribution < -0.4 is 0 Å². The summed E-state index contributed by atoms with van der Waals surface area (Å²) in [7, 11) is 0. The first-order valence-electron chi connectivity index (χ1n) is 17.0. The van der Waals surface area contributed by atoms with Crippen molar-refractivity contribution in [1.29, 1.82) is 0 Å². The summed E-state index contributed by atoms with van der Waals surface area (Å²) in [5, 5.41) is 0. The van der Waals surface area contributed by atoms with Crippen molar-refractivity contribution in [2.75, 3.05) is 19.6 Å². The second-order valence-electron chi connectivity index (χ2n) is 16.3. The van der Waals surface area contributed by atoms with Gasteiger partial charge in [0.25, 0.3) is 0 Å². The van der Waals surface area contributed by atoms with Crippen molar-refractivity contribution in [2.45, 2.75) is 122 Å². The van der Waals surface area contributed by atoms with Crippen LogP contribution >= 0.6 is 0 Å². The highest BCUT2D eigenvalue weighted by Crippen LogP contribution is 2.64. The molecular weight excluding hydrogens is 516 g/mol. The van der Waals surface area contributed by atoms with Crippen molar-refractivity contribution in [3.8, 4) is 0 Å². The number of amides is 1. The zero-order chi connectivity index (χ0) is 28.8. The first-order valence-corrected chi connectivity index (χ1v) is 17.0. The van der Waals surface area contributed by atoms with Crippen molar-refractivity contribution in [2.24, 2.45) is 53.3 Å². The van der Waals surface area contributed by atoms with Crippen LogP contribution in [0.25, 0.3) is 0 Å². The van der Waals surface area contributed by atoms with E-state index in [-0.39, 0.29) is 47.6 Å². The van der Waals surface area contributed by atoms with Gasteiger partial charge in [-0.2, -0.15) is 0 Å². The van der Waals surface area contributed by atoms with Crippen LogP contribution in [0.2, 0.25) is 0 Å². The molecule has 7 heteroatoms. The molecule has 8 aliphatic rings. The van der Waals surface area contributed by atoms with E-state index < -0.39 is 23.2 Å². The molecule has 8 rings (SSSR count). The van der Waals surface area contributed by atoms with E-state index in [9.17, 15) is 14.4 Å². The highest BCUT2D eigenvalue weighted by molar-refractivity contribution is 5.91. The Morgan fingerprint density at radius 3 is 2.15 bits per heavy atom. The fraction of sp³-hybridized carbons (Fsp3) is 0.912. The molecule has 7 nitrogen and oxygen atoms in total. The lowest BCUT2D eigenvalue weighted by Crippen LogP contribution is -2.63. The average molecular weight is 569 g/mol. The fourth-order valence-corrected chi connectivity index (χ4v) is 11.6. The zero-order valence-electron chi connectivity index (χ0n) is 26.0. The van der Waals surface area contributed by atoms with Gasteiger partial charge in [0.1, 0.15) is 11.7 Å². The monoisotopic (exact) mass is 568 g/mol. The van der Waals surface area contributed by atoms with E-state index in [1.165, 1.54) is 51.4 Å². The zero-order valence-corrected chi connectivity index (χ0v) is 26.0. The van der Waals surface area contributed by atoms with Crippen LogP contribution in [0.1, 0.15) is 98.8 Å². The van der Waals surface area contributed by atoms with E-state index in [1.54, 1.807) is 0 Å². The maximum absolute atomic E-state index is 14.5. The third-order valence-corrected chi connectivity index (χ3v) is 12.8. The number of fused-ring (bicyclic) bond motifs is 1. The molecule has 0 aromatic heterocycles. The first-order chi connectivity index (χ1) is 19.5. The maximum Gasteiger partial charge on any atom is 0.310 e. The molecule has 1 amide bonds. The third-order valence-electron chi connectivity index (χ3n) is 12.8. The summed E-state index contributed by atoms with van der Waals surface area (Å²) in [4.78, 5) is 46.1. The summed E-state index contributed by atoms with van der Waals surface area (Å²) in [6.45, 7) is 13.5. The van der Waals surface area contributed by atoms with E-state index in [0.717, 1.165) is 37.9 Å². The SMILES string of the molecule is CC(C)C1(OC(=O)C2C3CC4C2C(=O)N(C(C)(C)C)C4C3OC(=O)CCN2CCCCC2)C2CC3CC(C2)CC1C3. The van der Waals surface area contributed by atoms with Gasteiger partial charge in [0, 0.05) is 18.0 Å². The summed E-state index contributed by atoms with van der Waals surface area (Å²) < 4.78 is 13.2. The molecule has 0 aromatic carbocycles. The second-order valence-corrected chi connectivity index (χ2v) is 16.3. The van der Waals surface area contributed by atoms with Gasteiger partial charge in [0.2, 0.25) is 5.91 Å². The molecule has 2 aliphatic heterocycles. The lowest BCUT2D eigenvalue weighted by molar-refractivity contribution is -0.231. The molecule has 2 heterocycles. The molecule has 41 heavy (non-hydrogen) atoms. The summed E-state index contributed by atoms with van der Waals surface area (Å²) in [6.07, 6.45) is 10.4. The Morgan fingerprint density at radius 1 is 0.927 bits per heavy atom. The molecule has 6 aliphatic carbocycles. The van der Waals surface area contributed by atoms with Gasteiger partial charge >= 0.3 is 11.9 Å². The lowest BCUT2D eigenvalue weighted by atomic mass is 9.47. The smallest absolute Gasteiger partial charge is 0.310 e. The largest absolute Gasteiger partial charge is 0.460 e. The van der Waals surface area contributed by atoms with Crippen LogP contribution in [0, 0.1) is 53.3 Å². The predicted molar refractivity (Wildman–Crippen MR) is 154 cm³/mol. The van der Waals surface area contributed by atoms with Crippen LogP contribution in [-0.2, 0) is 23.9 Å². The standard InChI is InChI=1S/C34H52N2O5/c1-19(2)34(22-14-20-13-21(16-22)17-23(34)15-20)41-32(39)28-25-18-24-27(28)31(38)36(33(3,4)5)29(24)30(25)40-26(37)9-12-35-10-7-6-8-11-35/h19-25,27-30H,6-18H2,1-5H3. The van der Waals surface area contributed by atoms with Crippen molar-refractivity contribution in [3.05, 3.63) is 0 Å². The molecule has 0 radical (unpaired) electrons. The van der Waals surface area contributed by atoms with Crippen LogP contribution in [0.4, 0.5) is 0 Å². The minimum Gasteiger partial charge on any atom is -0.460 e. The number of nitrogens with zero attached hydrogens (tertiary/aromatic N) is 2. The van der Waals surface area contributed by atoms with Crippen LogP contribution in [0.15, 0.2) is 0 Å². The predicted octanol–water partition coefficient (Wildman–Crippen LogP) is 5.06. The Morgan fingerprint density at radius 2 is 1.56 bits per heavy atom. The molecule has 6 atom stereocenters. The second kappa shape index (κ2) is 9.95. The molecular formula is C34H52N2O5. The van der Waals surface area contributed by atoms with E-state index in [1.807, 2.05) is 4.90 Å². The number of likely N-dealkylation sites (tertiary alicyclic amines) is 2. The lowest BCUT2D eigenvalue weighted by Gasteiger charge is -2.62. The topological polar surface area (TPSA) is 76.1 Å². The van der Waals surface area contributed by atoms with Crippen LogP contribution in [0.3, 0.4) is 0 Å². The summed E-state index contributed by atoms with van der Waals surface area (Å²) in [5.41, 5.74) is -0.820. The maximum atomic E-state index is 14.5. The Balaban J connectivity index is 1.14. The molecule has 6 unspecified atom stereocenters. The first kappa shape index (κ1) is 28.2. The third kappa shape index (κ3) is 4.32. The number of esters is 2.